The molecule has 0 aliphatic heterocycles. The molecule has 2 N–H and O–H groups in total. The van der Waals surface area contributed by atoms with Gasteiger partial charge in [-0.3, -0.25) is 0 Å². The first-order chi connectivity index (χ1) is 9.10. The molecule has 98 valence electrons. The van der Waals surface area contributed by atoms with E-state index >= 15 is 0 Å². The minimum atomic E-state index is -1.18. The summed E-state index contributed by atoms with van der Waals surface area (Å²) in [6, 6.07) is 10.6. The predicted molar refractivity (Wildman–Crippen MR) is 69.6 cm³/mol. The maximum absolute atomic E-state index is 13.0. The lowest BCUT2D eigenvalue weighted by atomic mass is 10.1. The van der Waals surface area contributed by atoms with Crippen molar-refractivity contribution in [1.29, 1.82) is 0 Å². The first-order valence-electron chi connectivity index (χ1n) is 5.54. The molecular formula is C14H12FNO3. The summed E-state index contributed by atoms with van der Waals surface area (Å²) >= 11 is 0. The van der Waals surface area contributed by atoms with Gasteiger partial charge in [-0.05, 0) is 42.5 Å². The number of aromatic carboxylic acids is 1. The van der Waals surface area contributed by atoms with E-state index in [1.165, 1.54) is 12.1 Å². The Kier molecular flexibility index (Phi) is 3.66. The largest absolute Gasteiger partial charge is 0.497 e. The fraction of sp³-hybridized carbons (Fsp3) is 0.0714. The van der Waals surface area contributed by atoms with Gasteiger partial charge in [0, 0.05) is 5.69 Å². The van der Waals surface area contributed by atoms with Crippen molar-refractivity contribution in [2.45, 2.75) is 0 Å². The van der Waals surface area contributed by atoms with Gasteiger partial charge in [0.15, 0.2) is 0 Å². The molecule has 2 rings (SSSR count). The lowest BCUT2D eigenvalue weighted by Gasteiger charge is -2.10. The fourth-order valence-electron chi connectivity index (χ4n) is 1.63. The zero-order valence-corrected chi connectivity index (χ0v) is 10.2. The van der Waals surface area contributed by atoms with Crippen molar-refractivity contribution >= 4 is 17.3 Å². The summed E-state index contributed by atoms with van der Waals surface area (Å²) in [5, 5.41) is 12.0. The van der Waals surface area contributed by atoms with Crippen LogP contribution in [-0.2, 0) is 0 Å². The Labute approximate surface area is 109 Å². The van der Waals surface area contributed by atoms with Gasteiger partial charge in [-0.2, -0.15) is 0 Å². The molecule has 0 spiro atoms. The number of ether oxygens (including phenoxy) is 1. The van der Waals surface area contributed by atoms with Gasteiger partial charge in [0.2, 0.25) is 0 Å². The number of carboxylic acids is 1. The van der Waals surface area contributed by atoms with E-state index in [1.54, 1.807) is 31.4 Å². The lowest BCUT2D eigenvalue weighted by molar-refractivity contribution is 0.0697. The van der Waals surface area contributed by atoms with Gasteiger partial charge < -0.3 is 15.2 Å². The maximum atomic E-state index is 13.0. The Hall–Kier alpha value is -2.56. The maximum Gasteiger partial charge on any atom is 0.337 e. The van der Waals surface area contributed by atoms with Gasteiger partial charge in [0.25, 0.3) is 0 Å². The molecule has 2 aromatic carbocycles. The van der Waals surface area contributed by atoms with Crippen LogP contribution in [0.4, 0.5) is 15.8 Å². The number of hydrogen-bond acceptors (Lipinski definition) is 3. The first-order valence-corrected chi connectivity index (χ1v) is 5.54. The second-order valence-electron chi connectivity index (χ2n) is 3.85. The fourth-order valence-corrected chi connectivity index (χ4v) is 1.63. The van der Waals surface area contributed by atoms with E-state index in [2.05, 4.69) is 5.32 Å². The molecule has 0 amide bonds. The molecule has 0 heterocycles. The Morgan fingerprint density at radius 1 is 1.21 bits per heavy atom. The standard InChI is InChI=1S/C14H12FNO3/c1-19-11-5-3-10(4-6-11)16-13-7-2-9(15)8-12(13)14(17)18/h2-8,16H,1H3,(H,17,18). The van der Waals surface area contributed by atoms with Crippen LogP contribution >= 0.6 is 0 Å². The van der Waals surface area contributed by atoms with Crippen molar-refractivity contribution in [1.82, 2.24) is 0 Å². The number of hydrogen-bond donors (Lipinski definition) is 2. The Balaban J connectivity index is 2.29. The molecule has 0 radical (unpaired) electrons. The lowest BCUT2D eigenvalue weighted by Crippen LogP contribution is -2.03. The van der Waals surface area contributed by atoms with Crippen molar-refractivity contribution in [3.05, 3.63) is 53.8 Å². The molecule has 0 saturated heterocycles. The number of benzene rings is 2. The number of methoxy groups -OCH3 is 1. The molecule has 0 saturated carbocycles. The predicted octanol–water partition coefficient (Wildman–Crippen LogP) is 3.28. The minimum Gasteiger partial charge on any atom is -0.497 e. The normalized spacial score (nSPS) is 10.0. The third-order valence-corrected chi connectivity index (χ3v) is 2.58. The average molecular weight is 261 g/mol. The van der Waals surface area contributed by atoms with Crippen LogP contribution in [0.2, 0.25) is 0 Å². The molecule has 5 heteroatoms. The highest BCUT2D eigenvalue weighted by Crippen LogP contribution is 2.23. The van der Waals surface area contributed by atoms with Crippen LogP contribution in [-0.4, -0.2) is 18.2 Å². The highest BCUT2D eigenvalue weighted by Gasteiger charge is 2.11. The zero-order valence-electron chi connectivity index (χ0n) is 10.2. The SMILES string of the molecule is COc1ccc(Nc2ccc(F)cc2C(=O)O)cc1. The second-order valence-corrected chi connectivity index (χ2v) is 3.85. The highest BCUT2D eigenvalue weighted by atomic mass is 19.1. The Morgan fingerprint density at radius 3 is 2.47 bits per heavy atom. The average Bonchev–Trinajstić information content (AvgIpc) is 2.41. The molecule has 0 atom stereocenters. The summed E-state index contributed by atoms with van der Waals surface area (Å²) < 4.78 is 18.1. The summed E-state index contributed by atoms with van der Waals surface area (Å²) in [6.45, 7) is 0. The van der Waals surface area contributed by atoms with Gasteiger partial charge in [-0.1, -0.05) is 0 Å². The van der Waals surface area contributed by atoms with Crippen LogP contribution < -0.4 is 10.1 Å². The molecule has 0 unspecified atom stereocenters. The summed E-state index contributed by atoms with van der Waals surface area (Å²) in [5.74, 6) is -1.07. The van der Waals surface area contributed by atoms with Gasteiger partial charge in [0.1, 0.15) is 11.6 Å². The van der Waals surface area contributed by atoms with Crippen LogP contribution in [0, 0.1) is 5.82 Å². The third kappa shape index (κ3) is 3.01. The van der Waals surface area contributed by atoms with E-state index in [0.29, 0.717) is 17.1 Å². The minimum absolute atomic E-state index is 0.115. The molecule has 19 heavy (non-hydrogen) atoms. The number of carboxylic acid groups (broad SMARTS) is 1. The topological polar surface area (TPSA) is 58.6 Å². The number of rotatable bonds is 4. The van der Waals surface area contributed by atoms with Crippen molar-refractivity contribution in [2.24, 2.45) is 0 Å². The molecule has 0 aliphatic rings. The van der Waals surface area contributed by atoms with Crippen LogP contribution in [0.1, 0.15) is 10.4 Å². The van der Waals surface area contributed by atoms with Crippen LogP contribution in [0.3, 0.4) is 0 Å². The van der Waals surface area contributed by atoms with Crippen molar-refractivity contribution < 1.29 is 19.0 Å². The zero-order chi connectivity index (χ0) is 13.8. The molecule has 0 aromatic heterocycles. The molecule has 0 aliphatic carbocycles. The molecule has 4 nitrogen and oxygen atoms in total. The summed E-state index contributed by atoms with van der Waals surface area (Å²) in [7, 11) is 1.56. The summed E-state index contributed by atoms with van der Waals surface area (Å²) in [4.78, 5) is 11.0. The van der Waals surface area contributed by atoms with E-state index in [-0.39, 0.29) is 5.56 Å². The van der Waals surface area contributed by atoms with E-state index in [1.807, 2.05) is 0 Å². The van der Waals surface area contributed by atoms with Crippen LogP contribution in [0.25, 0.3) is 0 Å². The number of halogens is 1. The van der Waals surface area contributed by atoms with Crippen LogP contribution in [0.5, 0.6) is 5.75 Å². The van der Waals surface area contributed by atoms with E-state index < -0.39 is 11.8 Å². The Bertz CT molecular complexity index is 596. The van der Waals surface area contributed by atoms with Gasteiger partial charge in [-0.15, -0.1) is 0 Å². The summed E-state index contributed by atoms with van der Waals surface area (Å²) in [6.07, 6.45) is 0. The van der Waals surface area contributed by atoms with Gasteiger partial charge >= 0.3 is 5.97 Å². The quantitative estimate of drug-likeness (QED) is 0.886. The number of carbonyl (C=O) groups is 1. The van der Waals surface area contributed by atoms with Crippen molar-refractivity contribution in [3.63, 3.8) is 0 Å². The molecule has 0 fully saturated rings. The number of anilines is 2. The monoisotopic (exact) mass is 261 g/mol. The molecule has 2 aromatic rings. The smallest absolute Gasteiger partial charge is 0.337 e. The molecular weight excluding hydrogens is 249 g/mol. The van der Waals surface area contributed by atoms with Crippen molar-refractivity contribution in [3.8, 4) is 5.75 Å². The first kappa shape index (κ1) is 12.9. The second kappa shape index (κ2) is 5.39. The third-order valence-electron chi connectivity index (χ3n) is 2.58. The van der Waals surface area contributed by atoms with Gasteiger partial charge in [0.05, 0.1) is 18.4 Å². The molecule has 0 bridgehead atoms. The summed E-state index contributed by atoms with van der Waals surface area (Å²) in [5.41, 5.74) is 0.907. The number of nitrogens with one attached hydrogen (secondary N) is 1. The van der Waals surface area contributed by atoms with Gasteiger partial charge in [-0.25, -0.2) is 9.18 Å². The Morgan fingerprint density at radius 2 is 1.89 bits per heavy atom. The van der Waals surface area contributed by atoms with E-state index in [4.69, 9.17) is 9.84 Å². The van der Waals surface area contributed by atoms with Crippen LogP contribution in [0.15, 0.2) is 42.5 Å². The van der Waals surface area contributed by atoms with E-state index in [0.717, 1.165) is 6.07 Å². The van der Waals surface area contributed by atoms with E-state index in [9.17, 15) is 9.18 Å². The van der Waals surface area contributed by atoms with Crippen molar-refractivity contribution in [2.75, 3.05) is 12.4 Å². The highest BCUT2D eigenvalue weighted by molar-refractivity contribution is 5.95.